The zero-order valence-electron chi connectivity index (χ0n) is 18.4. The minimum Gasteiger partial charge on any atom is -0.497 e. The summed E-state index contributed by atoms with van der Waals surface area (Å²) in [5, 5.41) is 4.93. The van der Waals surface area contributed by atoms with Crippen LogP contribution in [0.4, 0.5) is 0 Å². The van der Waals surface area contributed by atoms with Crippen molar-refractivity contribution < 1.29 is 17.9 Å². The van der Waals surface area contributed by atoms with Gasteiger partial charge in [0.1, 0.15) is 9.96 Å². The summed E-state index contributed by atoms with van der Waals surface area (Å²) in [6.07, 6.45) is 3.45. The van der Waals surface area contributed by atoms with Crippen LogP contribution in [0.5, 0.6) is 5.75 Å². The Kier molecular flexibility index (Phi) is 7.50. The second-order valence-electron chi connectivity index (χ2n) is 8.39. The lowest BCUT2D eigenvalue weighted by atomic mass is 9.97. The molecule has 1 aromatic carbocycles. The topological polar surface area (TPSA) is 79.0 Å². The van der Waals surface area contributed by atoms with Gasteiger partial charge in [-0.3, -0.25) is 9.69 Å². The summed E-state index contributed by atoms with van der Waals surface area (Å²) in [5.74, 6) is 0.693. The number of nitrogens with zero attached hydrogens (tertiary/aromatic N) is 2. The van der Waals surface area contributed by atoms with E-state index in [1.165, 1.54) is 34.0 Å². The third kappa shape index (κ3) is 5.17. The maximum atomic E-state index is 12.9. The molecule has 3 heterocycles. The number of ether oxygens (including phenoxy) is 1. The fourth-order valence-corrected chi connectivity index (χ4v) is 7.19. The van der Waals surface area contributed by atoms with Crippen molar-refractivity contribution in [3.05, 3.63) is 47.3 Å². The van der Waals surface area contributed by atoms with E-state index in [9.17, 15) is 13.2 Å². The van der Waals surface area contributed by atoms with Crippen molar-refractivity contribution in [2.24, 2.45) is 5.92 Å². The van der Waals surface area contributed by atoms with E-state index < -0.39 is 10.0 Å². The number of amides is 1. The van der Waals surface area contributed by atoms with Gasteiger partial charge in [0, 0.05) is 25.6 Å². The number of rotatable bonds is 8. The standard InChI is InChI=1S/C23H31N3O4S2/c1-30-20-8-6-18(7-9-20)21(25-12-2-3-13-25)17-24-23(27)19-10-14-26(15-11-19)32(28,29)22-5-4-16-31-22/h4-9,16,19,21H,2-3,10-15,17H2,1H3,(H,24,27). The van der Waals surface area contributed by atoms with Gasteiger partial charge in [0.25, 0.3) is 10.0 Å². The molecule has 2 aliphatic heterocycles. The summed E-state index contributed by atoms with van der Waals surface area (Å²) in [4.78, 5) is 15.3. The van der Waals surface area contributed by atoms with Gasteiger partial charge in [0.05, 0.1) is 13.2 Å². The normalized spacial score (nSPS) is 19.7. The van der Waals surface area contributed by atoms with E-state index in [0.29, 0.717) is 36.7 Å². The molecule has 2 saturated heterocycles. The number of thiophene rings is 1. The highest BCUT2D eigenvalue weighted by molar-refractivity contribution is 7.91. The van der Waals surface area contributed by atoms with Crippen LogP contribution in [0.15, 0.2) is 46.0 Å². The van der Waals surface area contributed by atoms with Gasteiger partial charge in [-0.1, -0.05) is 18.2 Å². The van der Waals surface area contributed by atoms with Gasteiger partial charge >= 0.3 is 0 Å². The largest absolute Gasteiger partial charge is 0.497 e. The van der Waals surface area contributed by atoms with E-state index in [4.69, 9.17) is 4.74 Å². The fraction of sp³-hybridized carbons (Fsp3) is 0.522. The molecular formula is C23H31N3O4S2. The molecule has 1 atom stereocenters. The first kappa shape index (κ1) is 23.2. The zero-order valence-corrected chi connectivity index (χ0v) is 20.0. The maximum absolute atomic E-state index is 12.9. The summed E-state index contributed by atoms with van der Waals surface area (Å²) < 4.78 is 32.6. The number of hydrogen-bond acceptors (Lipinski definition) is 6. The fourth-order valence-electron chi connectivity index (χ4n) is 4.57. The predicted molar refractivity (Wildman–Crippen MR) is 125 cm³/mol. The second-order valence-corrected chi connectivity index (χ2v) is 11.5. The van der Waals surface area contributed by atoms with Gasteiger partial charge in [-0.2, -0.15) is 4.31 Å². The van der Waals surface area contributed by atoms with Crippen molar-refractivity contribution >= 4 is 27.3 Å². The van der Waals surface area contributed by atoms with Gasteiger partial charge < -0.3 is 10.1 Å². The maximum Gasteiger partial charge on any atom is 0.252 e. The highest BCUT2D eigenvalue weighted by Gasteiger charge is 2.33. The molecule has 9 heteroatoms. The van der Waals surface area contributed by atoms with Crippen LogP contribution in [-0.2, 0) is 14.8 Å². The van der Waals surface area contributed by atoms with Crippen molar-refractivity contribution in [1.82, 2.24) is 14.5 Å². The number of likely N-dealkylation sites (tertiary alicyclic amines) is 1. The molecule has 0 bridgehead atoms. The van der Waals surface area contributed by atoms with E-state index >= 15 is 0 Å². The van der Waals surface area contributed by atoms with Crippen molar-refractivity contribution in [3.63, 3.8) is 0 Å². The minimum absolute atomic E-state index is 0.0240. The molecule has 0 aliphatic carbocycles. The molecule has 174 valence electrons. The average molecular weight is 478 g/mol. The van der Waals surface area contributed by atoms with E-state index in [2.05, 4.69) is 22.3 Å². The molecule has 0 radical (unpaired) electrons. The van der Waals surface area contributed by atoms with Crippen molar-refractivity contribution in [1.29, 1.82) is 0 Å². The number of nitrogens with one attached hydrogen (secondary N) is 1. The predicted octanol–water partition coefficient (Wildman–Crippen LogP) is 3.11. The van der Waals surface area contributed by atoms with Crippen LogP contribution < -0.4 is 10.1 Å². The van der Waals surface area contributed by atoms with Gasteiger partial charge in [-0.05, 0) is 67.9 Å². The van der Waals surface area contributed by atoms with Gasteiger partial charge in [0.2, 0.25) is 5.91 Å². The number of hydrogen-bond donors (Lipinski definition) is 1. The molecule has 4 rings (SSSR count). The molecule has 2 fully saturated rings. The smallest absolute Gasteiger partial charge is 0.252 e. The Bertz CT molecular complexity index is 979. The Hall–Kier alpha value is -1.94. The van der Waals surface area contributed by atoms with E-state index in [1.54, 1.807) is 24.6 Å². The molecule has 1 amide bonds. The number of benzene rings is 1. The van der Waals surface area contributed by atoms with Crippen LogP contribution in [0.25, 0.3) is 0 Å². The first-order valence-electron chi connectivity index (χ1n) is 11.2. The van der Waals surface area contributed by atoms with Crippen LogP contribution in [-0.4, -0.2) is 63.4 Å². The SMILES string of the molecule is COc1ccc(C(CNC(=O)C2CCN(S(=O)(=O)c3cccs3)CC2)N2CCCC2)cc1. The van der Waals surface area contributed by atoms with Crippen LogP contribution in [0, 0.1) is 5.92 Å². The van der Waals surface area contributed by atoms with Crippen LogP contribution in [0.1, 0.15) is 37.3 Å². The molecule has 32 heavy (non-hydrogen) atoms. The highest BCUT2D eigenvalue weighted by atomic mass is 32.2. The lowest BCUT2D eigenvalue weighted by Crippen LogP contribution is -2.44. The summed E-state index contributed by atoms with van der Waals surface area (Å²) >= 11 is 1.23. The summed E-state index contributed by atoms with van der Waals surface area (Å²) in [6, 6.07) is 11.6. The molecular weight excluding hydrogens is 446 g/mol. The molecule has 0 spiro atoms. The quantitative estimate of drug-likeness (QED) is 0.632. The van der Waals surface area contributed by atoms with Crippen molar-refractivity contribution in [3.8, 4) is 5.75 Å². The number of carbonyl (C=O) groups excluding carboxylic acids is 1. The van der Waals surface area contributed by atoms with E-state index in [1.807, 2.05) is 12.1 Å². The molecule has 7 nitrogen and oxygen atoms in total. The second kappa shape index (κ2) is 10.3. The molecule has 1 unspecified atom stereocenters. The number of methoxy groups -OCH3 is 1. The Morgan fingerprint density at radius 3 is 2.41 bits per heavy atom. The average Bonchev–Trinajstić information content (AvgIpc) is 3.55. The third-order valence-corrected chi connectivity index (χ3v) is 9.74. The lowest BCUT2D eigenvalue weighted by Gasteiger charge is -2.32. The number of sulfonamides is 1. The Labute approximate surface area is 194 Å². The Balaban J connectivity index is 1.34. The summed E-state index contributed by atoms with van der Waals surface area (Å²) in [6.45, 7) is 3.38. The monoisotopic (exact) mass is 477 g/mol. The zero-order chi connectivity index (χ0) is 22.6. The number of carbonyl (C=O) groups is 1. The van der Waals surface area contributed by atoms with E-state index in [0.717, 1.165) is 18.8 Å². The number of piperidine rings is 1. The van der Waals surface area contributed by atoms with Crippen LogP contribution in [0.2, 0.25) is 0 Å². The molecule has 2 aliphatic rings. The molecule has 2 aromatic rings. The highest BCUT2D eigenvalue weighted by Crippen LogP contribution is 2.28. The minimum atomic E-state index is -3.44. The summed E-state index contributed by atoms with van der Waals surface area (Å²) in [7, 11) is -1.79. The van der Waals surface area contributed by atoms with Gasteiger partial charge in [0.15, 0.2) is 0 Å². The van der Waals surface area contributed by atoms with Gasteiger partial charge in [-0.25, -0.2) is 8.42 Å². The molecule has 0 saturated carbocycles. The van der Waals surface area contributed by atoms with Crippen LogP contribution in [0.3, 0.4) is 0 Å². The summed E-state index contributed by atoms with van der Waals surface area (Å²) in [5.41, 5.74) is 1.17. The van der Waals surface area contributed by atoms with Gasteiger partial charge in [-0.15, -0.1) is 11.3 Å². The van der Waals surface area contributed by atoms with Crippen molar-refractivity contribution in [2.45, 2.75) is 35.9 Å². The van der Waals surface area contributed by atoms with Crippen LogP contribution >= 0.6 is 11.3 Å². The Morgan fingerprint density at radius 2 is 1.81 bits per heavy atom. The lowest BCUT2D eigenvalue weighted by molar-refractivity contribution is -0.126. The van der Waals surface area contributed by atoms with E-state index in [-0.39, 0.29) is 17.9 Å². The van der Waals surface area contributed by atoms with Crippen molar-refractivity contribution in [2.75, 3.05) is 39.8 Å². The first-order chi connectivity index (χ1) is 15.5. The molecule has 1 aromatic heterocycles. The first-order valence-corrected chi connectivity index (χ1v) is 13.5. The Morgan fingerprint density at radius 1 is 1.12 bits per heavy atom. The third-order valence-electron chi connectivity index (χ3n) is 6.47. The molecule has 1 N–H and O–H groups in total.